The summed E-state index contributed by atoms with van der Waals surface area (Å²) in [6, 6.07) is 0. The molecule has 0 aliphatic rings. The maximum atomic E-state index is 10.5. The van der Waals surface area contributed by atoms with Crippen molar-refractivity contribution in [2.24, 2.45) is 0 Å². The van der Waals surface area contributed by atoms with Crippen LogP contribution in [-0.2, 0) is 9.53 Å². The molecule has 0 heterocycles. The molecule has 0 rings (SSSR count). The van der Waals surface area contributed by atoms with E-state index in [4.69, 9.17) is 9.84 Å². The van der Waals surface area contributed by atoms with E-state index in [2.05, 4.69) is 0 Å². The lowest BCUT2D eigenvalue weighted by Gasteiger charge is -2.27. The first kappa shape index (κ1) is 17.4. The molecule has 0 fully saturated rings. The van der Waals surface area contributed by atoms with Crippen LogP contribution in [0.2, 0.25) is 0 Å². The van der Waals surface area contributed by atoms with Crippen LogP contribution in [0.5, 0.6) is 0 Å². The lowest BCUT2D eigenvalue weighted by atomic mass is 10.0. The highest BCUT2D eigenvalue weighted by Crippen LogP contribution is 2.09. The first-order chi connectivity index (χ1) is 8.43. The first-order valence-electron chi connectivity index (χ1n) is 5.80. The number of hydrogen-bond donors (Lipinski definition) is 4. The Hall–Kier alpha value is -0.570. The molecule has 7 heteroatoms. The molecule has 0 aromatic rings. The molecule has 0 radical (unpaired) electrons. The molecular formula is C11H23NO6. The molecule has 18 heavy (non-hydrogen) atoms. The third-order valence-corrected chi connectivity index (χ3v) is 2.45. The van der Waals surface area contributed by atoms with E-state index >= 15 is 0 Å². The number of aliphatic hydroxyl groups excluding tert-OH is 4. The van der Waals surface area contributed by atoms with E-state index in [-0.39, 0.29) is 12.9 Å². The highest BCUT2D eigenvalue weighted by atomic mass is 16.5. The molecule has 0 spiro atoms. The van der Waals surface area contributed by atoms with Crippen LogP contribution in [0.4, 0.5) is 0 Å². The van der Waals surface area contributed by atoms with Crippen LogP contribution in [-0.4, -0.2) is 89.9 Å². The monoisotopic (exact) mass is 265 g/mol. The van der Waals surface area contributed by atoms with E-state index in [0.29, 0.717) is 6.42 Å². The van der Waals surface area contributed by atoms with Crippen LogP contribution in [0, 0.1) is 0 Å². The minimum atomic E-state index is -1.54. The lowest BCUT2D eigenvalue weighted by Crippen LogP contribution is -2.48. The quantitative estimate of drug-likeness (QED) is 0.257. The Kier molecular flexibility index (Phi) is 9.08. The number of carbonyl (C=O) groups is 1. The molecule has 0 aromatic carbocycles. The van der Waals surface area contributed by atoms with Gasteiger partial charge in [0.05, 0.1) is 6.61 Å². The minimum Gasteiger partial charge on any atom is -0.394 e. The van der Waals surface area contributed by atoms with Gasteiger partial charge in [-0.1, -0.05) is 0 Å². The lowest BCUT2D eigenvalue weighted by molar-refractivity contribution is -0.150. The summed E-state index contributed by atoms with van der Waals surface area (Å²) in [7, 11) is 3.78. The Morgan fingerprint density at radius 1 is 1.28 bits per heavy atom. The predicted molar refractivity (Wildman–Crippen MR) is 64.1 cm³/mol. The maximum Gasteiger partial charge on any atom is 0.151 e. The zero-order valence-corrected chi connectivity index (χ0v) is 10.8. The van der Waals surface area contributed by atoms with Crippen molar-refractivity contribution in [2.75, 3.05) is 33.9 Å². The van der Waals surface area contributed by atoms with E-state index in [1.807, 2.05) is 19.0 Å². The van der Waals surface area contributed by atoms with Crippen molar-refractivity contribution >= 4 is 6.29 Å². The average molecular weight is 265 g/mol. The van der Waals surface area contributed by atoms with Gasteiger partial charge in [-0.3, -0.25) is 0 Å². The van der Waals surface area contributed by atoms with Gasteiger partial charge in [-0.25, -0.2) is 0 Å². The van der Waals surface area contributed by atoms with Gasteiger partial charge in [-0.2, -0.15) is 0 Å². The predicted octanol–water partition coefficient (Wildman–Crippen LogP) is -2.40. The van der Waals surface area contributed by atoms with Crippen LogP contribution in [0.1, 0.15) is 6.42 Å². The summed E-state index contributed by atoms with van der Waals surface area (Å²) in [5, 5.41) is 37.0. The second kappa shape index (κ2) is 9.37. The van der Waals surface area contributed by atoms with Gasteiger partial charge in [0, 0.05) is 6.61 Å². The summed E-state index contributed by atoms with van der Waals surface area (Å²) in [4.78, 5) is 12.4. The number of rotatable bonds is 10. The molecular weight excluding hydrogens is 242 g/mol. The van der Waals surface area contributed by atoms with Crippen molar-refractivity contribution < 1.29 is 30.0 Å². The third-order valence-electron chi connectivity index (χ3n) is 2.45. The number of nitrogens with zero attached hydrogens (tertiary/aromatic N) is 1. The van der Waals surface area contributed by atoms with E-state index in [1.54, 1.807) is 0 Å². The zero-order valence-electron chi connectivity index (χ0n) is 10.8. The van der Waals surface area contributed by atoms with Crippen LogP contribution < -0.4 is 0 Å². The van der Waals surface area contributed by atoms with Gasteiger partial charge in [0.15, 0.2) is 6.29 Å². The van der Waals surface area contributed by atoms with Gasteiger partial charge in [0.2, 0.25) is 0 Å². The van der Waals surface area contributed by atoms with Crippen LogP contribution >= 0.6 is 0 Å². The maximum absolute atomic E-state index is 10.5. The average Bonchev–Trinajstić information content (AvgIpc) is 2.35. The number of aliphatic hydroxyl groups is 4. The first-order valence-corrected chi connectivity index (χ1v) is 5.80. The number of aldehydes is 1. The van der Waals surface area contributed by atoms with Crippen molar-refractivity contribution in [1.29, 1.82) is 0 Å². The second-order valence-corrected chi connectivity index (χ2v) is 4.36. The topological polar surface area (TPSA) is 110 Å². The molecule has 7 nitrogen and oxygen atoms in total. The van der Waals surface area contributed by atoms with E-state index in [1.165, 1.54) is 0 Å². The Morgan fingerprint density at radius 3 is 2.33 bits per heavy atom. The highest BCUT2D eigenvalue weighted by molar-refractivity contribution is 5.56. The van der Waals surface area contributed by atoms with Crippen molar-refractivity contribution in [3.63, 3.8) is 0 Å². The third kappa shape index (κ3) is 6.39. The van der Waals surface area contributed by atoms with Crippen LogP contribution in [0.25, 0.3) is 0 Å². The smallest absolute Gasteiger partial charge is 0.151 e. The molecule has 0 aliphatic heterocycles. The van der Waals surface area contributed by atoms with Gasteiger partial charge in [-0.15, -0.1) is 0 Å². The van der Waals surface area contributed by atoms with Crippen molar-refractivity contribution in [2.45, 2.75) is 30.8 Å². The summed E-state index contributed by atoms with van der Waals surface area (Å²) in [5.74, 6) is 0. The van der Waals surface area contributed by atoms with E-state index < -0.39 is 31.0 Å². The number of ether oxygens (including phenoxy) is 1. The van der Waals surface area contributed by atoms with Gasteiger partial charge < -0.3 is 34.9 Å². The molecule has 0 aliphatic carbocycles. The Labute approximate surface area is 107 Å². The molecule has 4 atom stereocenters. The van der Waals surface area contributed by atoms with Crippen LogP contribution in [0.15, 0.2) is 0 Å². The molecule has 0 bridgehead atoms. The largest absolute Gasteiger partial charge is 0.394 e. The summed E-state index contributed by atoms with van der Waals surface area (Å²) in [5.41, 5.74) is 0. The summed E-state index contributed by atoms with van der Waals surface area (Å²) >= 11 is 0. The summed E-state index contributed by atoms with van der Waals surface area (Å²) in [6.07, 6.45) is -4.89. The van der Waals surface area contributed by atoms with Gasteiger partial charge in [0.1, 0.15) is 24.4 Å². The number of carbonyl (C=O) groups excluding carboxylic acids is 1. The fraction of sp³-hybridized carbons (Fsp3) is 0.909. The fourth-order valence-corrected chi connectivity index (χ4v) is 1.40. The molecule has 108 valence electrons. The Balaban J connectivity index is 4.27. The zero-order chi connectivity index (χ0) is 14.1. The number of hydrogen-bond acceptors (Lipinski definition) is 7. The van der Waals surface area contributed by atoms with E-state index in [9.17, 15) is 20.1 Å². The molecule has 0 saturated heterocycles. The van der Waals surface area contributed by atoms with Crippen molar-refractivity contribution in [1.82, 2.24) is 4.90 Å². The molecule has 0 amide bonds. The SMILES string of the molecule is CN(C)CCCO[C@@H]([C@H](O)[C@H](O)CO)[C@@H](O)C=O. The van der Waals surface area contributed by atoms with E-state index in [0.717, 1.165) is 6.54 Å². The Bertz CT molecular complexity index is 226. The highest BCUT2D eigenvalue weighted by Gasteiger charge is 2.32. The fourth-order valence-electron chi connectivity index (χ4n) is 1.40. The summed E-state index contributed by atoms with van der Waals surface area (Å²) < 4.78 is 5.20. The Morgan fingerprint density at radius 2 is 1.89 bits per heavy atom. The van der Waals surface area contributed by atoms with Crippen LogP contribution in [0.3, 0.4) is 0 Å². The second-order valence-electron chi connectivity index (χ2n) is 4.36. The minimum absolute atomic E-state index is 0.225. The van der Waals surface area contributed by atoms with Crippen molar-refractivity contribution in [3.05, 3.63) is 0 Å². The standard InChI is InChI=1S/C11H23NO6/c1-12(2)4-3-5-18-11(9(16)7-14)10(17)8(15)6-13/h7-11,13,15-17H,3-6H2,1-2H3/t8-,9+,10-,11-/m1/s1. The molecule has 4 N–H and O–H groups in total. The van der Waals surface area contributed by atoms with Crippen molar-refractivity contribution in [3.8, 4) is 0 Å². The summed E-state index contributed by atoms with van der Waals surface area (Å²) in [6.45, 7) is 0.301. The molecule has 0 saturated carbocycles. The molecule has 0 aromatic heterocycles. The van der Waals surface area contributed by atoms with Gasteiger partial charge in [0.25, 0.3) is 0 Å². The van der Waals surface area contributed by atoms with Gasteiger partial charge >= 0.3 is 0 Å². The molecule has 0 unspecified atom stereocenters. The normalized spacial score (nSPS) is 18.4. The van der Waals surface area contributed by atoms with Gasteiger partial charge in [-0.05, 0) is 27.1 Å².